The van der Waals surface area contributed by atoms with Crippen molar-refractivity contribution >= 4 is 16.3 Å². The maximum atomic E-state index is 13.2. The largest absolute Gasteiger partial charge is 0.496 e. The molecule has 0 aliphatic heterocycles. The molecule has 34 heavy (non-hydrogen) atoms. The van der Waals surface area contributed by atoms with Crippen molar-refractivity contribution in [2.45, 2.75) is 6.54 Å². The summed E-state index contributed by atoms with van der Waals surface area (Å²) in [6.45, 7) is 0.145. The Labute approximate surface area is 193 Å². The van der Waals surface area contributed by atoms with Crippen LogP contribution in [-0.4, -0.2) is 31.4 Å². The molecule has 0 spiro atoms. The molecule has 0 unspecified atom stereocenters. The van der Waals surface area contributed by atoms with Gasteiger partial charge in [0.25, 0.3) is 5.56 Å². The molecular weight excluding hydrogens is 430 g/mol. The Morgan fingerprint density at radius 3 is 2.65 bits per heavy atom. The number of para-hydroxylation sites is 1. The number of hydrogen-bond acceptors (Lipinski definition) is 6. The minimum atomic E-state index is -0.196. The Morgan fingerprint density at radius 2 is 1.74 bits per heavy atom. The summed E-state index contributed by atoms with van der Waals surface area (Å²) in [5.74, 6) is 1.37. The van der Waals surface area contributed by atoms with Gasteiger partial charge in [-0.1, -0.05) is 59.8 Å². The minimum absolute atomic E-state index is 0.145. The lowest BCUT2D eigenvalue weighted by molar-refractivity contribution is 0.369. The highest BCUT2D eigenvalue weighted by Crippen LogP contribution is 2.28. The first kappa shape index (κ1) is 19.9. The van der Waals surface area contributed by atoms with E-state index in [9.17, 15) is 4.79 Å². The van der Waals surface area contributed by atoms with E-state index in [0.717, 1.165) is 27.6 Å². The van der Waals surface area contributed by atoms with E-state index in [0.29, 0.717) is 23.0 Å². The van der Waals surface area contributed by atoms with E-state index in [1.807, 2.05) is 54.6 Å². The van der Waals surface area contributed by atoms with Crippen LogP contribution < -0.4 is 10.3 Å². The number of nitrogens with zero attached hydrogens (tertiary/aromatic N) is 5. The molecule has 8 nitrogen and oxygen atoms in total. The van der Waals surface area contributed by atoms with Gasteiger partial charge in [-0.15, -0.1) is 0 Å². The lowest BCUT2D eigenvalue weighted by atomic mass is 10.0. The van der Waals surface area contributed by atoms with E-state index >= 15 is 0 Å². The molecule has 0 atom stereocenters. The van der Waals surface area contributed by atoms with E-state index in [-0.39, 0.29) is 12.1 Å². The van der Waals surface area contributed by atoms with Crippen LogP contribution >= 0.6 is 0 Å². The quantitative estimate of drug-likeness (QED) is 0.387. The molecule has 8 heteroatoms. The molecule has 3 heterocycles. The number of aromatic nitrogens is 5. The van der Waals surface area contributed by atoms with Crippen LogP contribution in [0.1, 0.15) is 5.89 Å². The first-order valence-corrected chi connectivity index (χ1v) is 10.7. The molecule has 0 bridgehead atoms. The molecule has 0 fully saturated rings. The predicted molar refractivity (Wildman–Crippen MR) is 128 cm³/mol. The molecule has 3 aromatic carbocycles. The summed E-state index contributed by atoms with van der Waals surface area (Å²) in [6, 6.07) is 23.4. The van der Waals surface area contributed by atoms with Gasteiger partial charge in [-0.3, -0.25) is 4.79 Å². The maximum absolute atomic E-state index is 13.2. The van der Waals surface area contributed by atoms with Crippen LogP contribution in [0.3, 0.4) is 0 Å². The topological polar surface area (TPSA) is 87.5 Å². The van der Waals surface area contributed by atoms with Crippen molar-refractivity contribution in [2.24, 2.45) is 0 Å². The summed E-state index contributed by atoms with van der Waals surface area (Å²) >= 11 is 0. The first-order valence-electron chi connectivity index (χ1n) is 10.7. The second kappa shape index (κ2) is 8.00. The number of fused-ring (bicyclic) bond motifs is 2. The molecule has 0 saturated carbocycles. The molecular formula is C26H19N5O3. The molecule has 0 N–H and O–H groups in total. The van der Waals surface area contributed by atoms with Gasteiger partial charge in [0.2, 0.25) is 11.7 Å². The van der Waals surface area contributed by atoms with Gasteiger partial charge >= 0.3 is 0 Å². The molecule has 0 radical (unpaired) electrons. The minimum Gasteiger partial charge on any atom is -0.496 e. The van der Waals surface area contributed by atoms with Crippen LogP contribution in [-0.2, 0) is 6.54 Å². The maximum Gasteiger partial charge on any atom is 0.277 e. The Morgan fingerprint density at radius 1 is 0.941 bits per heavy atom. The summed E-state index contributed by atoms with van der Waals surface area (Å²) in [5, 5.41) is 10.9. The fourth-order valence-corrected chi connectivity index (χ4v) is 4.13. The number of rotatable bonds is 5. The number of benzene rings is 3. The second-order valence-electron chi connectivity index (χ2n) is 7.83. The van der Waals surface area contributed by atoms with E-state index in [4.69, 9.17) is 9.26 Å². The first-order chi connectivity index (χ1) is 16.7. The van der Waals surface area contributed by atoms with Gasteiger partial charge in [-0.05, 0) is 29.0 Å². The van der Waals surface area contributed by atoms with Crippen LogP contribution in [0.4, 0.5) is 0 Å². The van der Waals surface area contributed by atoms with Gasteiger partial charge in [0, 0.05) is 18.0 Å². The molecule has 3 aromatic heterocycles. The van der Waals surface area contributed by atoms with Crippen molar-refractivity contribution in [2.75, 3.05) is 7.11 Å². The zero-order chi connectivity index (χ0) is 23.1. The highest BCUT2D eigenvalue weighted by Gasteiger charge is 2.15. The van der Waals surface area contributed by atoms with Gasteiger partial charge < -0.3 is 13.8 Å². The average molecular weight is 449 g/mol. The van der Waals surface area contributed by atoms with Gasteiger partial charge in [-0.25, -0.2) is 4.52 Å². The van der Waals surface area contributed by atoms with Gasteiger partial charge in [0.05, 0.1) is 18.4 Å². The zero-order valence-electron chi connectivity index (χ0n) is 18.3. The summed E-state index contributed by atoms with van der Waals surface area (Å²) in [5.41, 5.74) is 2.71. The van der Waals surface area contributed by atoms with E-state index in [1.165, 1.54) is 4.57 Å². The molecule has 6 rings (SSSR count). The molecule has 0 aliphatic rings. The predicted octanol–water partition coefficient (Wildman–Crippen LogP) is 4.42. The number of methoxy groups -OCH3 is 1. The lowest BCUT2D eigenvalue weighted by Crippen LogP contribution is -2.21. The van der Waals surface area contributed by atoms with Crippen LogP contribution in [0.25, 0.3) is 38.9 Å². The Balaban J connectivity index is 1.36. The third-order valence-corrected chi connectivity index (χ3v) is 5.79. The number of ether oxygens (including phenoxy) is 1. The Bertz CT molecular complexity index is 1710. The van der Waals surface area contributed by atoms with Crippen molar-refractivity contribution in [1.29, 1.82) is 0 Å². The summed E-state index contributed by atoms with van der Waals surface area (Å²) < 4.78 is 13.9. The lowest BCUT2D eigenvalue weighted by Gasteiger charge is -2.03. The fraction of sp³-hybridized carbons (Fsp3) is 0.0769. The zero-order valence-corrected chi connectivity index (χ0v) is 18.3. The van der Waals surface area contributed by atoms with Gasteiger partial charge in [0.15, 0.2) is 0 Å². The average Bonchev–Trinajstić information content (AvgIpc) is 3.53. The van der Waals surface area contributed by atoms with Gasteiger partial charge in [0.1, 0.15) is 17.8 Å². The van der Waals surface area contributed by atoms with Crippen LogP contribution in [0.5, 0.6) is 5.75 Å². The van der Waals surface area contributed by atoms with E-state index in [1.54, 1.807) is 24.0 Å². The molecule has 6 aromatic rings. The van der Waals surface area contributed by atoms with Crippen LogP contribution in [0, 0.1) is 0 Å². The molecule has 166 valence electrons. The van der Waals surface area contributed by atoms with Gasteiger partial charge in [-0.2, -0.15) is 10.1 Å². The SMILES string of the molecule is COc1ccccc1-c1noc(Cn2ccn3nc(-c4cccc5ccccc45)cc3c2=O)n1. The Hall–Kier alpha value is -4.72. The number of hydrogen-bond donors (Lipinski definition) is 0. The third-order valence-electron chi connectivity index (χ3n) is 5.79. The normalized spacial score (nSPS) is 11.3. The van der Waals surface area contributed by atoms with Crippen molar-refractivity contribution in [3.05, 3.63) is 101 Å². The van der Waals surface area contributed by atoms with Crippen LogP contribution in [0.15, 0.2) is 94.5 Å². The molecule has 0 saturated heterocycles. The standard InChI is InChI=1S/C26H19N5O3/c1-33-23-12-5-4-10-20(23)25-27-24(34-29-25)16-30-13-14-31-22(26(30)32)15-21(28-31)19-11-6-8-17-7-2-3-9-18(17)19/h2-15H,16H2,1H3. The second-order valence-corrected chi connectivity index (χ2v) is 7.83. The third kappa shape index (κ3) is 3.32. The van der Waals surface area contributed by atoms with Crippen LogP contribution in [0.2, 0.25) is 0 Å². The molecule has 0 aliphatic carbocycles. The van der Waals surface area contributed by atoms with Crippen molar-refractivity contribution in [3.8, 4) is 28.4 Å². The van der Waals surface area contributed by atoms with E-state index in [2.05, 4.69) is 33.4 Å². The highest BCUT2D eigenvalue weighted by molar-refractivity contribution is 5.96. The highest BCUT2D eigenvalue weighted by atomic mass is 16.5. The van der Waals surface area contributed by atoms with Crippen molar-refractivity contribution in [3.63, 3.8) is 0 Å². The summed E-state index contributed by atoms with van der Waals surface area (Å²) in [4.78, 5) is 17.7. The molecule has 0 amide bonds. The van der Waals surface area contributed by atoms with Crippen molar-refractivity contribution in [1.82, 2.24) is 24.3 Å². The summed E-state index contributed by atoms with van der Waals surface area (Å²) in [7, 11) is 1.59. The fourth-order valence-electron chi connectivity index (χ4n) is 4.13. The smallest absolute Gasteiger partial charge is 0.277 e. The van der Waals surface area contributed by atoms with E-state index < -0.39 is 0 Å². The monoisotopic (exact) mass is 449 g/mol. The Kier molecular flexibility index (Phi) is 4.69. The van der Waals surface area contributed by atoms with Crippen molar-refractivity contribution < 1.29 is 9.26 Å². The summed E-state index contributed by atoms with van der Waals surface area (Å²) in [6.07, 6.45) is 3.42.